The molecule has 0 unspecified atom stereocenters. The van der Waals surface area contributed by atoms with Gasteiger partial charge in [-0.2, -0.15) is 0 Å². The van der Waals surface area contributed by atoms with Crippen molar-refractivity contribution < 1.29 is 0 Å². The van der Waals surface area contributed by atoms with E-state index in [2.05, 4.69) is 46.7 Å². The van der Waals surface area contributed by atoms with Crippen molar-refractivity contribution in [1.82, 2.24) is 29.1 Å². The molecule has 10 heteroatoms. The van der Waals surface area contributed by atoms with Crippen LogP contribution in [0.3, 0.4) is 0 Å². The zero-order chi connectivity index (χ0) is 19.8. The topological polar surface area (TPSA) is 60.9 Å². The van der Waals surface area contributed by atoms with Gasteiger partial charge in [0.25, 0.3) is 0 Å². The van der Waals surface area contributed by atoms with Crippen LogP contribution in [-0.2, 0) is 18.6 Å². The number of thiazole rings is 1. The molecule has 0 N–H and O–H groups in total. The van der Waals surface area contributed by atoms with Crippen LogP contribution in [-0.4, -0.2) is 29.1 Å². The lowest BCUT2D eigenvalue weighted by Gasteiger charge is -2.02. The van der Waals surface area contributed by atoms with E-state index >= 15 is 0 Å². The van der Waals surface area contributed by atoms with Crippen LogP contribution in [0.4, 0.5) is 0 Å². The number of para-hydroxylation sites is 1. The molecule has 146 valence electrons. The summed E-state index contributed by atoms with van der Waals surface area (Å²) >= 11 is 8.70. The van der Waals surface area contributed by atoms with E-state index in [1.807, 2.05) is 54.0 Å². The van der Waals surface area contributed by atoms with Crippen molar-refractivity contribution in [2.24, 2.45) is 7.05 Å². The molecule has 0 spiro atoms. The van der Waals surface area contributed by atoms with E-state index in [0.717, 1.165) is 48.3 Å². The largest absolute Gasteiger partial charge is 0.308 e. The van der Waals surface area contributed by atoms with Crippen LogP contribution in [0.5, 0.6) is 0 Å². The Hall–Kier alpha value is -1.88. The highest BCUT2D eigenvalue weighted by atomic mass is 79.9. The summed E-state index contributed by atoms with van der Waals surface area (Å²) in [5.41, 5.74) is 2.97. The van der Waals surface area contributed by atoms with E-state index in [-0.39, 0.29) is 0 Å². The van der Waals surface area contributed by atoms with Gasteiger partial charge in [-0.25, -0.2) is 9.97 Å². The quantitative estimate of drug-likeness (QED) is 0.289. The van der Waals surface area contributed by atoms with E-state index in [1.165, 1.54) is 4.70 Å². The second-order valence-electron chi connectivity index (χ2n) is 6.26. The van der Waals surface area contributed by atoms with Gasteiger partial charge in [-0.1, -0.05) is 41.7 Å². The number of benzene rings is 1. The van der Waals surface area contributed by atoms with Crippen molar-refractivity contribution in [2.45, 2.75) is 21.0 Å². The van der Waals surface area contributed by atoms with Gasteiger partial charge in [0, 0.05) is 19.0 Å². The molecular weight excluding hydrogens is 488 g/mol. The standard InChI is InChI=1S/C19H15BrN6S3/c1-25-16(11-28-19-22-12-6-2-3-7-14(12)29-19)23-24-18(25)27-10-13-17(20)26-9-5-4-8-15(26)21-13/h2-9H,10-11H2,1H3. The number of hydrogen-bond acceptors (Lipinski definition) is 7. The van der Waals surface area contributed by atoms with Gasteiger partial charge in [0.05, 0.1) is 21.7 Å². The summed E-state index contributed by atoms with van der Waals surface area (Å²) < 4.78 is 7.33. The summed E-state index contributed by atoms with van der Waals surface area (Å²) in [5.74, 6) is 2.40. The molecule has 4 heterocycles. The minimum absolute atomic E-state index is 0.721. The number of pyridine rings is 1. The minimum Gasteiger partial charge on any atom is -0.308 e. The van der Waals surface area contributed by atoms with Gasteiger partial charge in [-0.3, -0.25) is 4.40 Å². The first-order chi connectivity index (χ1) is 14.2. The zero-order valence-corrected chi connectivity index (χ0v) is 19.4. The monoisotopic (exact) mass is 502 g/mol. The fourth-order valence-corrected chi connectivity index (χ4v) is 6.50. The lowest BCUT2D eigenvalue weighted by Crippen LogP contribution is -1.97. The Kier molecular flexibility index (Phi) is 5.33. The molecule has 4 aromatic heterocycles. The Bertz CT molecular complexity index is 1280. The van der Waals surface area contributed by atoms with Crippen molar-refractivity contribution in [1.29, 1.82) is 0 Å². The maximum Gasteiger partial charge on any atom is 0.191 e. The summed E-state index contributed by atoms with van der Waals surface area (Å²) in [7, 11) is 2.01. The average molecular weight is 503 g/mol. The van der Waals surface area contributed by atoms with Crippen LogP contribution < -0.4 is 0 Å². The van der Waals surface area contributed by atoms with Gasteiger partial charge in [0.1, 0.15) is 16.1 Å². The van der Waals surface area contributed by atoms with Crippen LogP contribution >= 0.6 is 50.8 Å². The predicted octanol–water partition coefficient (Wildman–Crippen LogP) is 5.42. The molecule has 0 aliphatic rings. The maximum absolute atomic E-state index is 4.69. The van der Waals surface area contributed by atoms with E-state index in [4.69, 9.17) is 0 Å². The molecule has 0 saturated carbocycles. The highest BCUT2D eigenvalue weighted by Gasteiger charge is 2.14. The minimum atomic E-state index is 0.721. The van der Waals surface area contributed by atoms with Gasteiger partial charge >= 0.3 is 0 Å². The molecule has 5 rings (SSSR count). The molecule has 1 aromatic carbocycles. The van der Waals surface area contributed by atoms with E-state index < -0.39 is 0 Å². The molecule has 0 bridgehead atoms. The summed E-state index contributed by atoms with van der Waals surface area (Å²) in [6, 6.07) is 14.2. The third-order valence-electron chi connectivity index (χ3n) is 4.40. The molecule has 6 nitrogen and oxygen atoms in total. The maximum atomic E-state index is 4.69. The van der Waals surface area contributed by atoms with E-state index in [9.17, 15) is 0 Å². The summed E-state index contributed by atoms with van der Waals surface area (Å²) in [5, 5.41) is 9.62. The molecule has 0 fully saturated rings. The fourth-order valence-electron chi connectivity index (χ4n) is 2.87. The van der Waals surface area contributed by atoms with E-state index in [0.29, 0.717) is 0 Å². The van der Waals surface area contributed by atoms with Crippen LogP contribution in [0.1, 0.15) is 11.5 Å². The Labute approximate surface area is 187 Å². The Morgan fingerprint density at radius 1 is 1.00 bits per heavy atom. The van der Waals surface area contributed by atoms with Gasteiger partial charge in [-0.05, 0) is 40.2 Å². The average Bonchev–Trinajstić information content (AvgIpc) is 3.41. The second-order valence-corrected chi connectivity index (χ2v) is 10.2. The lowest BCUT2D eigenvalue weighted by atomic mass is 10.3. The number of fused-ring (bicyclic) bond motifs is 2. The van der Waals surface area contributed by atoms with E-state index in [1.54, 1.807) is 34.9 Å². The molecule has 0 atom stereocenters. The number of halogens is 1. The third kappa shape index (κ3) is 3.81. The number of nitrogens with zero attached hydrogens (tertiary/aromatic N) is 6. The van der Waals surface area contributed by atoms with Crippen molar-refractivity contribution in [2.75, 3.05) is 0 Å². The van der Waals surface area contributed by atoms with Gasteiger partial charge in [0.15, 0.2) is 9.50 Å². The first kappa shape index (κ1) is 19.1. The number of hydrogen-bond donors (Lipinski definition) is 0. The Morgan fingerprint density at radius 2 is 1.86 bits per heavy atom. The number of aromatic nitrogens is 6. The summed E-state index contributed by atoms with van der Waals surface area (Å²) in [6.07, 6.45) is 2.00. The van der Waals surface area contributed by atoms with Crippen molar-refractivity contribution in [3.63, 3.8) is 0 Å². The summed E-state index contributed by atoms with van der Waals surface area (Å²) in [6.45, 7) is 0. The molecule has 0 amide bonds. The molecule has 29 heavy (non-hydrogen) atoms. The van der Waals surface area contributed by atoms with Gasteiger partial charge in [0.2, 0.25) is 0 Å². The van der Waals surface area contributed by atoms with Crippen LogP contribution in [0.2, 0.25) is 0 Å². The SMILES string of the molecule is Cn1c(CSc2nc3ccccc3s2)nnc1SCc1nc2ccccn2c1Br. The number of imidazole rings is 1. The molecule has 0 saturated heterocycles. The Morgan fingerprint density at radius 3 is 2.72 bits per heavy atom. The van der Waals surface area contributed by atoms with Crippen molar-refractivity contribution >= 4 is 66.7 Å². The smallest absolute Gasteiger partial charge is 0.191 e. The normalized spacial score (nSPS) is 11.7. The summed E-state index contributed by atoms with van der Waals surface area (Å²) in [4.78, 5) is 9.36. The Balaban J connectivity index is 1.27. The van der Waals surface area contributed by atoms with Crippen LogP contribution in [0.25, 0.3) is 15.9 Å². The van der Waals surface area contributed by atoms with Crippen molar-refractivity contribution in [3.8, 4) is 0 Å². The van der Waals surface area contributed by atoms with Crippen LogP contribution in [0, 0.1) is 0 Å². The molecule has 0 aliphatic carbocycles. The highest BCUT2D eigenvalue weighted by Crippen LogP contribution is 2.32. The molecular formula is C19H15BrN6S3. The van der Waals surface area contributed by atoms with Gasteiger partial charge < -0.3 is 4.57 Å². The molecule has 0 aliphatic heterocycles. The number of thioether (sulfide) groups is 2. The fraction of sp³-hybridized carbons (Fsp3) is 0.158. The number of rotatable bonds is 6. The third-order valence-corrected chi connectivity index (χ3v) is 8.45. The first-order valence-electron chi connectivity index (χ1n) is 8.80. The predicted molar refractivity (Wildman–Crippen MR) is 123 cm³/mol. The second kappa shape index (κ2) is 8.10. The molecule has 0 radical (unpaired) electrons. The van der Waals surface area contributed by atoms with Crippen molar-refractivity contribution in [3.05, 3.63) is 64.8 Å². The first-order valence-corrected chi connectivity index (χ1v) is 12.4. The van der Waals surface area contributed by atoms with Gasteiger partial charge in [-0.15, -0.1) is 21.5 Å². The highest BCUT2D eigenvalue weighted by molar-refractivity contribution is 9.10. The molecule has 5 aromatic rings. The lowest BCUT2D eigenvalue weighted by molar-refractivity contribution is 0.761. The van der Waals surface area contributed by atoms with Crippen LogP contribution in [0.15, 0.2) is 62.8 Å². The zero-order valence-electron chi connectivity index (χ0n) is 15.3.